The van der Waals surface area contributed by atoms with Gasteiger partial charge in [0.1, 0.15) is 18.2 Å². The Kier molecular flexibility index (Phi) is 6.31. The zero-order valence-electron chi connectivity index (χ0n) is 22.9. The largest absolute Gasteiger partial charge is 0.455 e. The van der Waals surface area contributed by atoms with Crippen LogP contribution in [0.15, 0.2) is 40.9 Å². The predicted octanol–water partition coefficient (Wildman–Crippen LogP) is 8.73. The Hall–Kier alpha value is -3.12. The standard InChI is InChI=1S/C34H39N2O/c1-21-10-16-28-29-17-15-27(19-35)32(26-13-11-25(12-14-26)24-8-6-5-7-9-24)34(29)37-33(28)31(21)30-18-22(2)23(3)20-36(30)4/h10,15-18,20,24-26H,5-9,11-14H2,1-4H3/q+1. The molecule has 190 valence electrons. The molecule has 37 heavy (non-hydrogen) atoms. The van der Waals surface area contributed by atoms with Crippen molar-refractivity contribution in [3.05, 3.63) is 64.3 Å². The van der Waals surface area contributed by atoms with Gasteiger partial charge in [0.15, 0.2) is 6.20 Å². The first-order valence-electron chi connectivity index (χ1n) is 14.3. The van der Waals surface area contributed by atoms with E-state index in [0.29, 0.717) is 5.92 Å². The van der Waals surface area contributed by atoms with E-state index in [1.54, 1.807) is 0 Å². The number of aryl methyl sites for hydroxylation is 4. The molecule has 0 spiro atoms. The third-order valence-electron chi connectivity index (χ3n) is 9.67. The molecule has 2 aromatic heterocycles. The van der Waals surface area contributed by atoms with E-state index in [4.69, 9.17) is 4.42 Å². The number of nitriles is 1. The molecule has 0 bridgehead atoms. The fourth-order valence-corrected chi connectivity index (χ4v) is 7.46. The van der Waals surface area contributed by atoms with Crippen molar-refractivity contribution in [2.45, 2.75) is 84.5 Å². The van der Waals surface area contributed by atoms with Gasteiger partial charge in [-0.05, 0) is 87.5 Å². The van der Waals surface area contributed by atoms with E-state index in [2.05, 4.69) is 68.9 Å². The quantitative estimate of drug-likeness (QED) is 0.269. The van der Waals surface area contributed by atoms with Crippen LogP contribution in [-0.2, 0) is 7.05 Å². The van der Waals surface area contributed by atoms with E-state index < -0.39 is 0 Å². The molecule has 0 amide bonds. The maximum absolute atomic E-state index is 10.1. The van der Waals surface area contributed by atoms with Crippen LogP contribution in [0.1, 0.15) is 91.5 Å². The average molecular weight is 492 g/mol. The number of nitrogens with zero attached hydrogens (tertiary/aromatic N) is 2. The average Bonchev–Trinajstić information content (AvgIpc) is 3.29. The molecule has 0 N–H and O–H groups in total. The topological polar surface area (TPSA) is 40.8 Å². The van der Waals surface area contributed by atoms with Gasteiger partial charge < -0.3 is 4.42 Å². The van der Waals surface area contributed by atoms with Crippen molar-refractivity contribution in [2.24, 2.45) is 18.9 Å². The fourth-order valence-electron chi connectivity index (χ4n) is 7.46. The van der Waals surface area contributed by atoms with Gasteiger partial charge in [-0.15, -0.1) is 0 Å². The van der Waals surface area contributed by atoms with Gasteiger partial charge in [-0.3, -0.25) is 0 Å². The summed E-state index contributed by atoms with van der Waals surface area (Å²) in [5, 5.41) is 12.4. The fraction of sp³-hybridized carbons (Fsp3) is 0.471. The molecule has 0 atom stereocenters. The second kappa shape index (κ2) is 9.64. The van der Waals surface area contributed by atoms with Gasteiger partial charge in [0.25, 0.3) is 0 Å². The molecule has 2 fully saturated rings. The highest BCUT2D eigenvalue weighted by atomic mass is 16.3. The molecule has 6 rings (SSSR count). The van der Waals surface area contributed by atoms with E-state index in [1.807, 2.05) is 6.07 Å². The van der Waals surface area contributed by atoms with E-state index in [0.717, 1.165) is 50.5 Å². The third-order valence-corrected chi connectivity index (χ3v) is 9.67. The Balaban J connectivity index is 1.46. The van der Waals surface area contributed by atoms with Crippen molar-refractivity contribution >= 4 is 21.9 Å². The van der Waals surface area contributed by atoms with Crippen LogP contribution in [0.25, 0.3) is 33.2 Å². The van der Waals surface area contributed by atoms with Crippen LogP contribution in [0.5, 0.6) is 0 Å². The van der Waals surface area contributed by atoms with Crippen molar-refractivity contribution in [2.75, 3.05) is 0 Å². The predicted molar refractivity (Wildman–Crippen MR) is 151 cm³/mol. The number of furan rings is 1. The van der Waals surface area contributed by atoms with Crippen molar-refractivity contribution in [3.8, 4) is 17.3 Å². The molecule has 2 aliphatic carbocycles. The smallest absolute Gasteiger partial charge is 0.216 e. The van der Waals surface area contributed by atoms with Gasteiger partial charge in [-0.25, -0.2) is 4.57 Å². The van der Waals surface area contributed by atoms with Crippen LogP contribution in [0.3, 0.4) is 0 Å². The minimum atomic E-state index is 0.404. The van der Waals surface area contributed by atoms with E-state index in [1.165, 1.54) is 80.2 Å². The number of fused-ring (bicyclic) bond motifs is 3. The monoisotopic (exact) mass is 491 g/mol. The number of benzene rings is 2. The minimum Gasteiger partial charge on any atom is -0.455 e. The summed E-state index contributed by atoms with van der Waals surface area (Å²) in [6, 6.07) is 13.4. The van der Waals surface area contributed by atoms with E-state index >= 15 is 0 Å². The number of hydrogen-bond donors (Lipinski definition) is 0. The summed E-state index contributed by atoms with van der Waals surface area (Å²) in [5.74, 6) is 2.20. The first-order valence-corrected chi connectivity index (χ1v) is 14.3. The van der Waals surface area contributed by atoms with Crippen molar-refractivity contribution in [1.82, 2.24) is 0 Å². The van der Waals surface area contributed by atoms with Gasteiger partial charge in [-0.1, -0.05) is 44.2 Å². The summed E-state index contributed by atoms with van der Waals surface area (Å²) in [4.78, 5) is 0. The van der Waals surface area contributed by atoms with E-state index in [-0.39, 0.29) is 0 Å². The van der Waals surface area contributed by atoms with Crippen LogP contribution in [-0.4, -0.2) is 0 Å². The maximum Gasteiger partial charge on any atom is 0.216 e. The Labute approximate surface area is 221 Å². The SMILES string of the molecule is Cc1cc(-c2c(C)ccc3c2oc2c(C4CCC(C5CCCCC5)CC4)c(C#N)ccc23)[n+](C)cc1C. The second-order valence-electron chi connectivity index (χ2n) is 11.9. The van der Waals surface area contributed by atoms with Gasteiger partial charge in [0.05, 0.1) is 17.2 Å². The Morgan fingerprint density at radius 2 is 1.46 bits per heavy atom. The summed E-state index contributed by atoms with van der Waals surface area (Å²) in [7, 11) is 2.12. The lowest BCUT2D eigenvalue weighted by Gasteiger charge is -2.36. The van der Waals surface area contributed by atoms with Crippen molar-refractivity contribution < 1.29 is 8.98 Å². The molecule has 0 radical (unpaired) electrons. The number of rotatable bonds is 3. The summed E-state index contributed by atoms with van der Waals surface area (Å²) in [5.41, 5.74) is 9.93. The maximum atomic E-state index is 10.1. The molecule has 0 unspecified atom stereocenters. The number of aromatic nitrogens is 1. The highest BCUT2D eigenvalue weighted by Gasteiger charge is 2.32. The Bertz CT molecular complexity index is 1520. The highest BCUT2D eigenvalue weighted by Crippen LogP contribution is 2.47. The molecule has 3 heteroatoms. The van der Waals surface area contributed by atoms with Gasteiger partial charge in [0.2, 0.25) is 5.69 Å². The molecule has 2 aliphatic rings. The first kappa shape index (κ1) is 24.2. The highest BCUT2D eigenvalue weighted by molar-refractivity contribution is 6.11. The Morgan fingerprint density at radius 3 is 2.19 bits per heavy atom. The van der Waals surface area contributed by atoms with Crippen LogP contribution >= 0.6 is 0 Å². The lowest BCUT2D eigenvalue weighted by Crippen LogP contribution is -2.31. The van der Waals surface area contributed by atoms with E-state index in [9.17, 15) is 5.26 Å². The first-order chi connectivity index (χ1) is 18.0. The molecular formula is C34H39N2O+. The summed E-state index contributed by atoms with van der Waals surface area (Å²) in [6.07, 6.45) is 14.2. The van der Waals surface area contributed by atoms with Crippen LogP contribution in [0.2, 0.25) is 0 Å². The normalized spacial score (nSPS) is 20.9. The molecule has 2 heterocycles. The molecule has 3 nitrogen and oxygen atoms in total. The van der Waals surface area contributed by atoms with Crippen molar-refractivity contribution in [1.29, 1.82) is 5.26 Å². The summed E-state index contributed by atoms with van der Waals surface area (Å²) < 4.78 is 9.06. The molecule has 2 saturated carbocycles. The van der Waals surface area contributed by atoms with Crippen molar-refractivity contribution in [3.63, 3.8) is 0 Å². The number of pyridine rings is 1. The Morgan fingerprint density at radius 1 is 0.784 bits per heavy atom. The summed E-state index contributed by atoms with van der Waals surface area (Å²) in [6.45, 7) is 6.51. The van der Waals surface area contributed by atoms with Crippen LogP contribution < -0.4 is 4.57 Å². The van der Waals surface area contributed by atoms with Crippen LogP contribution in [0, 0.1) is 43.9 Å². The lowest BCUT2D eigenvalue weighted by molar-refractivity contribution is -0.660. The van der Waals surface area contributed by atoms with Gasteiger partial charge >= 0.3 is 0 Å². The second-order valence-corrected chi connectivity index (χ2v) is 11.9. The van der Waals surface area contributed by atoms with Gasteiger partial charge in [-0.2, -0.15) is 5.26 Å². The molecule has 0 saturated heterocycles. The van der Waals surface area contributed by atoms with Crippen LogP contribution in [0.4, 0.5) is 0 Å². The lowest BCUT2D eigenvalue weighted by atomic mass is 9.69. The van der Waals surface area contributed by atoms with Gasteiger partial charge in [0, 0.05) is 28.0 Å². The zero-order valence-corrected chi connectivity index (χ0v) is 22.9. The minimum absolute atomic E-state index is 0.404. The molecular weight excluding hydrogens is 452 g/mol. The summed E-state index contributed by atoms with van der Waals surface area (Å²) >= 11 is 0. The molecule has 0 aliphatic heterocycles. The molecule has 4 aromatic rings. The third kappa shape index (κ3) is 4.15. The zero-order chi connectivity index (χ0) is 25.7. The number of hydrogen-bond acceptors (Lipinski definition) is 2. The molecule has 2 aromatic carbocycles.